The predicted octanol–water partition coefficient (Wildman–Crippen LogP) is 2.62. The second-order valence-electron chi connectivity index (χ2n) is 5.84. The lowest BCUT2D eigenvalue weighted by molar-refractivity contribution is -0.119. The van der Waals surface area contributed by atoms with Gasteiger partial charge in [-0.15, -0.1) is 0 Å². The average molecular weight is 348 g/mol. The van der Waals surface area contributed by atoms with Crippen molar-refractivity contribution in [2.75, 3.05) is 18.5 Å². The van der Waals surface area contributed by atoms with E-state index in [1.807, 2.05) is 0 Å². The second-order valence-corrected chi connectivity index (χ2v) is 7.88. The molecule has 0 aliphatic carbocycles. The molecule has 1 aliphatic rings. The van der Waals surface area contributed by atoms with E-state index in [2.05, 4.69) is 0 Å². The van der Waals surface area contributed by atoms with Crippen molar-refractivity contribution in [2.45, 2.75) is 30.7 Å². The summed E-state index contributed by atoms with van der Waals surface area (Å²) in [5.41, 5.74) is 0.743. The van der Waals surface area contributed by atoms with Gasteiger partial charge in [-0.05, 0) is 49.2 Å². The van der Waals surface area contributed by atoms with E-state index in [4.69, 9.17) is 4.42 Å². The molecule has 24 heavy (non-hydrogen) atoms. The van der Waals surface area contributed by atoms with Gasteiger partial charge in [0.05, 0.1) is 17.7 Å². The van der Waals surface area contributed by atoms with Crippen LogP contribution >= 0.6 is 0 Å². The van der Waals surface area contributed by atoms with Gasteiger partial charge in [0, 0.05) is 25.7 Å². The highest BCUT2D eigenvalue weighted by Gasteiger charge is 2.23. The minimum atomic E-state index is -3.61. The third kappa shape index (κ3) is 3.37. The number of hydrogen-bond donors (Lipinski definition) is 0. The van der Waals surface area contributed by atoms with E-state index in [0.717, 1.165) is 18.5 Å². The highest BCUT2D eigenvalue weighted by Crippen LogP contribution is 2.24. The highest BCUT2D eigenvalue weighted by molar-refractivity contribution is 7.89. The summed E-state index contributed by atoms with van der Waals surface area (Å²) in [6.07, 6.45) is 3.95. The third-order valence-electron chi connectivity index (χ3n) is 4.14. The standard InChI is InChI=1S/C17H20N2O4S/c1-18(13-15-5-4-12-23-15)24(21,22)16-9-7-14(8-10-16)19-11-3-2-6-17(19)20/h4-5,7-10,12H,2-3,6,11,13H2,1H3. The van der Waals surface area contributed by atoms with Gasteiger partial charge in [0.25, 0.3) is 0 Å². The van der Waals surface area contributed by atoms with Gasteiger partial charge in [-0.2, -0.15) is 4.31 Å². The molecule has 0 unspecified atom stereocenters. The third-order valence-corrected chi connectivity index (χ3v) is 5.96. The number of anilines is 1. The maximum Gasteiger partial charge on any atom is 0.243 e. The van der Waals surface area contributed by atoms with Crippen LogP contribution < -0.4 is 4.90 Å². The molecule has 1 aromatic carbocycles. The van der Waals surface area contributed by atoms with Gasteiger partial charge in [-0.3, -0.25) is 4.79 Å². The summed E-state index contributed by atoms with van der Waals surface area (Å²) in [4.78, 5) is 13.9. The molecule has 0 N–H and O–H groups in total. The maximum atomic E-state index is 12.6. The molecule has 1 fully saturated rings. The lowest BCUT2D eigenvalue weighted by Crippen LogP contribution is -2.35. The number of benzene rings is 1. The van der Waals surface area contributed by atoms with Crippen LogP contribution in [0.15, 0.2) is 52.0 Å². The quantitative estimate of drug-likeness (QED) is 0.833. The summed E-state index contributed by atoms with van der Waals surface area (Å²) in [6, 6.07) is 9.93. The fourth-order valence-corrected chi connectivity index (χ4v) is 3.90. The largest absolute Gasteiger partial charge is 0.468 e. The van der Waals surface area contributed by atoms with Crippen LogP contribution in [0.3, 0.4) is 0 Å². The van der Waals surface area contributed by atoms with E-state index in [-0.39, 0.29) is 17.3 Å². The summed E-state index contributed by atoms with van der Waals surface area (Å²) in [7, 11) is -2.09. The number of piperidine rings is 1. The summed E-state index contributed by atoms with van der Waals surface area (Å²) < 4.78 is 31.7. The monoisotopic (exact) mass is 348 g/mol. The van der Waals surface area contributed by atoms with Gasteiger partial charge in [-0.1, -0.05) is 0 Å². The van der Waals surface area contributed by atoms with Crippen LogP contribution in [0.5, 0.6) is 0 Å². The number of amides is 1. The van der Waals surface area contributed by atoms with Crippen molar-refractivity contribution in [3.63, 3.8) is 0 Å². The molecule has 128 valence electrons. The molecule has 1 aromatic heterocycles. The lowest BCUT2D eigenvalue weighted by Gasteiger charge is -2.27. The number of sulfonamides is 1. The predicted molar refractivity (Wildman–Crippen MR) is 90.0 cm³/mol. The van der Waals surface area contributed by atoms with Gasteiger partial charge in [0.15, 0.2) is 0 Å². The van der Waals surface area contributed by atoms with E-state index in [1.54, 1.807) is 41.3 Å². The van der Waals surface area contributed by atoms with Crippen LogP contribution in [-0.2, 0) is 21.4 Å². The topological polar surface area (TPSA) is 70.8 Å². The first-order valence-corrected chi connectivity index (χ1v) is 9.31. The van der Waals surface area contributed by atoms with Crippen molar-refractivity contribution in [1.82, 2.24) is 4.31 Å². The normalized spacial score (nSPS) is 15.9. The number of carbonyl (C=O) groups is 1. The van der Waals surface area contributed by atoms with E-state index in [1.165, 1.54) is 17.6 Å². The molecule has 0 saturated carbocycles. The van der Waals surface area contributed by atoms with E-state index in [0.29, 0.717) is 18.7 Å². The Morgan fingerprint density at radius 2 is 1.92 bits per heavy atom. The number of carbonyl (C=O) groups excluding carboxylic acids is 1. The average Bonchev–Trinajstić information content (AvgIpc) is 3.08. The first kappa shape index (κ1) is 16.7. The summed E-state index contributed by atoms with van der Waals surface area (Å²) in [5.74, 6) is 0.670. The van der Waals surface area contributed by atoms with Crippen molar-refractivity contribution >= 4 is 21.6 Å². The molecule has 1 amide bonds. The van der Waals surface area contributed by atoms with Crippen LogP contribution in [0.25, 0.3) is 0 Å². The second kappa shape index (κ2) is 6.78. The number of rotatable bonds is 5. The lowest BCUT2D eigenvalue weighted by atomic mass is 10.1. The van der Waals surface area contributed by atoms with Gasteiger partial charge in [-0.25, -0.2) is 8.42 Å². The smallest absolute Gasteiger partial charge is 0.243 e. The Labute approximate surface area is 141 Å². The zero-order valence-corrected chi connectivity index (χ0v) is 14.3. The van der Waals surface area contributed by atoms with Crippen LogP contribution in [0, 0.1) is 0 Å². The fraction of sp³-hybridized carbons (Fsp3) is 0.353. The van der Waals surface area contributed by atoms with Gasteiger partial charge < -0.3 is 9.32 Å². The van der Waals surface area contributed by atoms with E-state index >= 15 is 0 Å². The number of furan rings is 1. The Bertz CT molecular complexity index is 798. The van der Waals surface area contributed by atoms with Crippen molar-refractivity contribution in [3.05, 3.63) is 48.4 Å². The van der Waals surface area contributed by atoms with Crippen LogP contribution in [0.4, 0.5) is 5.69 Å². The molecule has 0 atom stereocenters. The van der Waals surface area contributed by atoms with Crippen molar-refractivity contribution in [2.24, 2.45) is 0 Å². The minimum absolute atomic E-state index is 0.0896. The molecular weight excluding hydrogens is 328 g/mol. The summed E-state index contributed by atoms with van der Waals surface area (Å²) in [5, 5.41) is 0. The Morgan fingerprint density at radius 3 is 2.54 bits per heavy atom. The van der Waals surface area contributed by atoms with Crippen molar-refractivity contribution < 1.29 is 17.6 Å². The molecule has 2 heterocycles. The Balaban J connectivity index is 1.77. The molecule has 1 saturated heterocycles. The highest BCUT2D eigenvalue weighted by atomic mass is 32.2. The van der Waals surface area contributed by atoms with Gasteiger partial charge in [0.1, 0.15) is 5.76 Å². The van der Waals surface area contributed by atoms with Crippen molar-refractivity contribution in [1.29, 1.82) is 0 Å². The molecular formula is C17H20N2O4S. The molecule has 3 rings (SSSR count). The minimum Gasteiger partial charge on any atom is -0.468 e. The molecule has 1 aliphatic heterocycles. The molecule has 7 heteroatoms. The van der Waals surface area contributed by atoms with Crippen LogP contribution in [0.1, 0.15) is 25.0 Å². The van der Waals surface area contributed by atoms with E-state index in [9.17, 15) is 13.2 Å². The molecule has 2 aromatic rings. The molecule has 0 bridgehead atoms. The molecule has 6 nitrogen and oxygen atoms in total. The van der Waals surface area contributed by atoms with Crippen molar-refractivity contribution in [3.8, 4) is 0 Å². The van der Waals surface area contributed by atoms with Gasteiger partial charge >= 0.3 is 0 Å². The zero-order valence-electron chi connectivity index (χ0n) is 13.5. The maximum absolute atomic E-state index is 12.6. The Kier molecular flexibility index (Phi) is 4.73. The Hall–Kier alpha value is -2.12. The first-order valence-electron chi connectivity index (χ1n) is 7.87. The Morgan fingerprint density at radius 1 is 1.17 bits per heavy atom. The summed E-state index contributed by atoms with van der Waals surface area (Å²) in [6.45, 7) is 0.852. The summed E-state index contributed by atoms with van der Waals surface area (Å²) >= 11 is 0. The van der Waals surface area contributed by atoms with Gasteiger partial charge in [0.2, 0.25) is 15.9 Å². The zero-order chi connectivity index (χ0) is 17.2. The first-order chi connectivity index (χ1) is 11.5. The van der Waals surface area contributed by atoms with E-state index < -0.39 is 10.0 Å². The molecule has 0 radical (unpaired) electrons. The fourth-order valence-electron chi connectivity index (χ4n) is 2.76. The molecule has 0 spiro atoms. The van der Waals surface area contributed by atoms with Crippen LogP contribution in [0.2, 0.25) is 0 Å². The SMILES string of the molecule is CN(Cc1ccco1)S(=O)(=O)c1ccc(N2CCCCC2=O)cc1. The number of hydrogen-bond acceptors (Lipinski definition) is 4. The number of nitrogens with zero attached hydrogens (tertiary/aromatic N) is 2. The van der Waals surface area contributed by atoms with Crippen LogP contribution in [-0.4, -0.2) is 32.2 Å².